The smallest absolute Gasteiger partial charge is 0.0909 e. The minimum atomic E-state index is -0.880. The predicted octanol–water partition coefficient (Wildman–Crippen LogP) is 2.60. The van der Waals surface area contributed by atoms with E-state index >= 15 is 0 Å². The average molecular weight is 278 g/mol. The molecule has 2 aliphatic rings. The molecule has 0 saturated heterocycles. The van der Waals surface area contributed by atoms with Gasteiger partial charge in [0.25, 0.3) is 0 Å². The van der Waals surface area contributed by atoms with E-state index < -0.39 is 11.7 Å². The quantitative estimate of drug-likeness (QED) is 0.890. The van der Waals surface area contributed by atoms with Crippen molar-refractivity contribution in [3.05, 3.63) is 18.0 Å². The largest absolute Gasteiger partial charge is 0.390 e. The van der Waals surface area contributed by atoms with E-state index in [4.69, 9.17) is 0 Å². The zero-order valence-corrected chi connectivity index (χ0v) is 12.2. The van der Waals surface area contributed by atoms with Gasteiger partial charge in [0.2, 0.25) is 0 Å². The molecule has 20 heavy (non-hydrogen) atoms. The molecule has 0 aliphatic heterocycles. The summed E-state index contributed by atoms with van der Waals surface area (Å²) in [5.74, 6) is 0. The number of aliphatic hydroxyl groups excluding tert-OH is 1. The normalized spacial score (nSPS) is 24.9. The molecule has 4 heteroatoms. The molecule has 0 spiro atoms. The Morgan fingerprint density at radius 2 is 1.90 bits per heavy atom. The van der Waals surface area contributed by atoms with Gasteiger partial charge in [0.05, 0.1) is 23.4 Å². The van der Waals surface area contributed by atoms with Gasteiger partial charge in [-0.15, -0.1) is 0 Å². The first-order valence-corrected chi connectivity index (χ1v) is 8.12. The minimum absolute atomic E-state index is 0.468. The third kappa shape index (κ3) is 2.91. The Morgan fingerprint density at radius 3 is 2.60 bits per heavy atom. The molecule has 1 heterocycles. The number of hydrogen-bond donors (Lipinski definition) is 2. The summed E-state index contributed by atoms with van der Waals surface area (Å²) in [5, 5.41) is 25.3. The van der Waals surface area contributed by atoms with Gasteiger partial charge in [0.15, 0.2) is 0 Å². The van der Waals surface area contributed by atoms with Gasteiger partial charge in [-0.3, -0.25) is 4.68 Å². The van der Waals surface area contributed by atoms with Gasteiger partial charge in [0, 0.05) is 12.6 Å². The lowest BCUT2D eigenvalue weighted by atomic mass is 9.92. The fourth-order valence-electron chi connectivity index (χ4n) is 3.74. The Hall–Kier alpha value is -0.870. The van der Waals surface area contributed by atoms with Crippen LogP contribution in [0.5, 0.6) is 0 Å². The van der Waals surface area contributed by atoms with Gasteiger partial charge in [-0.25, -0.2) is 0 Å². The van der Waals surface area contributed by atoms with Gasteiger partial charge in [-0.1, -0.05) is 32.1 Å². The molecule has 2 saturated carbocycles. The first-order valence-electron chi connectivity index (χ1n) is 8.12. The number of aromatic nitrogens is 2. The third-order valence-corrected chi connectivity index (χ3v) is 5.10. The van der Waals surface area contributed by atoms with E-state index in [-0.39, 0.29) is 0 Å². The summed E-state index contributed by atoms with van der Waals surface area (Å²) < 4.78 is 2.07. The van der Waals surface area contributed by atoms with Crippen LogP contribution in [0.1, 0.15) is 69.5 Å². The second kappa shape index (κ2) is 5.86. The maximum absolute atomic E-state index is 10.4. The highest BCUT2D eigenvalue weighted by Gasteiger charge is 2.38. The van der Waals surface area contributed by atoms with E-state index in [0.29, 0.717) is 12.5 Å². The molecule has 2 N–H and O–H groups in total. The summed E-state index contributed by atoms with van der Waals surface area (Å²) in [4.78, 5) is 0. The Kier molecular flexibility index (Phi) is 4.13. The molecule has 4 nitrogen and oxygen atoms in total. The molecule has 2 fully saturated rings. The summed E-state index contributed by atoms with van der Waals surface area (Å²) in [7, 11) is 0. The Morgan fingerprint density at radius 1 is 1.20 bits per heavy atom. The van der Waals surface area contributed by atoms with Crippen molar-refractivity contribution in [2.45, 2.75) is 82.0 Å². The van der Waals surface area contributed by atoms with Crippen molar-refractivity contribution in [1.29, 1.82) is 0 Å². The fraction of sp³-hybridized carbons (Fsp3) is 0.812. The summed E-state index contributed by atoms with van der Waals surface area (Å²) in [6.07, 6.45) is 11.7. The maximum atomic E-state index is 10.4. The number of nitrogens with zero attached hydrogens (tertiary/aromatic N) is 2. The molecule has 0 aromatic carbocycles. The Balaban J connectivity index is 1.61. The fourth-order valence-corrected chi connectivity index (χ4v) is 3.74. The Labute approximate surface area is 120 Å². The second-order valence-corrected chi connectivity index (χ2v) is 6.61. The van der Waals surface area contributed by atoms with Crippen LogP contribution >= 0.6 is 0 Å². The first-order chi connectivity index (χ1) is 9.67. The average Bonchev–Trinajstić information content (AvgIpc) is 3.10. The highest BCUT2D eigenvalue weighted by atomic mass is 16.3. The van der Waals surface area contributed by atoms with Crippen LogP contribution in [0.3, 0.4) is 0 Å². The molecule has 112 valence electrons. The minimum Gasteiger partial charge on any atom is -0.390 e. The number of hydrogen-bond acceptors (Lipinski definition) is 3. The molecule has 1 atom stereocenters. The molecule has 2 aliphatic carbocycles. The topological polar surface area (TPSA) is 58.3 Å². The summed E-state index contributed by atoms with van der Waals surface area (Å²) in [6, 6.07) is 2.53. The third-order valence-electron chi connectivity index (χ3n) is 5.10. The first kappa shape index (κ1) is 14.1. The van der Waals surface area contributed by atoms with Gasteiger partial charge < -0.3 is 10.2 Å². The molecule has 3 rings (SSSR count). The molecule has 0 bridgehead atoms. The summed E-state index contributed by atoms with van der Waals surface area (Å²) in [5.41, 5.74) is 0.0256. The van der Waals surface area contributed by atoms with Crippen LogP contribution in [-0.2, 0) is 6.42 Å². The lowest BCUT2D eigenvalue weighted by molar-refractivity contribution is -0.0693. The van der Waals surface area contributed by atoms with E-state index in [1.165, 1.54) is 32.1 Å². The van der Waals surface area contributed by atoms with E-state index in [1.54, 1.807) is 0 Å². The van der Waals surface area contributed by atoms with Crippen molar-refractivity contribution < 1.29 is 10.2 Å². The van der Waals surface area contributed by atoms with Crippen molar-refractivity contribution in [2.24, 2.45) is 0 Å². The predicted molar refractivity (Wildman–Crippen MR) is 77.5 cm³/mol. The van der Waals surface area contributed by atoms with Crippen molar-refractivity contribution in [3.63, 3.8) is 0 Å². The molecule has 0 amide bonds. The molecule has 0 radical (unpaired) electrons. The highest BCUT2D eigenvalue weighted by molar-refractivity contribution is 5.05. The van der Waals surface area contributed by atoms with E-state index in [0.717, 1.165) is 31.4 Å². The lowest BCUT2D eigenvalue weighted by Gasteiger charge is -2.28. The van der Waals surface area contributed by atoms with Gasteiger partial charge >= 0.3 is 0 Å². The van der Waals surface area contributed by atoms with Crippen LogP contribution in [0.15, 0.2) is 12.3 Å². The molecule has 1 aromatic heterocycles. The van der Waals surface area contributed by atoms with Crippen LogP contribution in [0.2, 0.25) is 0 Å². The SMILES string of the molecule is OC(Cc1ccn(C2CCCCC2)n1)C1(O)CCCC1. The van der Waals surface area contributed by atoms with Crippen LogP contribution < -0.4 is 0 Å². The maximum Gasteiger partial charge on any atom is 0.0909 e. The monoisotopic (exact) mass is 278 g/mol. The van der Waals surface area contributed by atoms with E-state index in [1.807, 2.05) is 12.3 Å². The summed E-state index contributed by atoms with van der Waals surface area (Å²) >= 11 is 0. The lowest BCUT2D eigenvalue weighted by Crippen LogP contribution is -2.41. The van der Waals surface area contributed by atoms with E-state index in [2.05, 4.69) is 9.78 Å². The van der Waals surface area contributed by atoms with Crippen LogP contribution in [0.25, 0.3) is 0 Å². The zero-order valence-electron chi connectivity index (χ0n) is 12.2. The number of rotatable bonds is 4. The van der Waals surface area contributed by atoms with E-state index in [9.17, 15) is 10.2 Å². The number of aliphatic hydroxyl groups is 2. The van der Waals surface area contributed by atoms with Gasteiger partial charge in [-0.05, 0) is 31.7 Å². The van der Waals surface area contributed by atoms with Crippen LogP contribution in [0, 0.1) is 0 Å². The molecule has 1 unspecified atom stereocenters. The Bertz CT molecular complexity index is 431. The second-order valence-electron chi connectivity index (χ2n) is 6.61. The molecular weight excluding hydrogens is 252 g/mol. The van der Waals surface area contributed by atoms with Crippen LogP contribution in [0.4, 0.5) is 0 Å². The van der Waals surface area contributed by atoms with Gasteiger partial charge in [-0.2, -0.15) is 5.10 Å². The molecule has 1 aromatic rings. The van der Waals surface area contributed by atoms with Crippen molar-refractivity contribution in [2.75, 3.05) is 0 Å². The van der Waals surface area contributed by atoms with Crippen molar-refractivity contribution >= 4 is 0 Å². The highest BCUT2D eigenvalue weighted by Crippen LogP contribution is 2.34. The van der Waals surface area contributed by atoms with Crippen molar-refractivity contribution in [3.8, 4) is 0 Å². The van der Waals surface area contributed by atoms with Crippen molar-refractivity contribution in [1.82, 2.24) is 9.78 Å². The van der Waals surface area contributed by atoms with Gasteiger partial charge in [0.1, 0.15) is 0 Å². The zero-order chi connectivity index (χ0) is 14.0. The van der Waals surface area contributed by atoms with Crippen LogP contribution in [-0.4, -0.2) is 31.7 Å². The molecular formula is C16H26N2O2. The summed E-state index contributed by atoms with van der Waals surface area (Å²) in [6.45, 7) is 0. The standard InChI is InChI=1S/C16H26N2O2/c19-15(16(20)9-4-5-10-16)12-13-8-11-18(17-13)14-6-2-1-3-7-14/h8,11,14-15,19-20H,1-7,9-10,12H2.